The minimum Gasteiger partial charge on any atom is -0.508 e. The van der Waals surface area contributed by atoms with E-state index in [0.29, 0.717) is 17.5 Å². The smallest absolute Gasteiger partial charge is 0.335 e. The van der Waals surface area contributed by atoms with E-state index in [1.54, 1.807) is 30.5 Å². The zero-order valence-corrected chi connectivity index (χ0v) is 12.6. The van der Waals surface area contributed by atoms with Crippen molar-refractivity contribution in [1.29, 1.82) is 0 Å². The number of aromatic carboxylic acids is 1. The van der Waals surface area contributed by atoms with Gasteiger partial charge in [0.05, 0.1) is 12.0 Å². The van der Waals surface area contributed by atoms with Crippen LogP contribution in [-0.2, 0) is 17.8 Å². The molecular formula is C18H15NO5. The Labute approximate surface area is 137 Å². The molecule has 1 aromatic heterocycles. The summed E-state index contributed by atoms with van der Waals surface area (Å²) in [4.78, 5) is 22.2. The minimum atomic E-state index is -1.06. The molecule has 3 aromatic rings. The van der Waals surface area contributed by atoms with Crippen molar-refractivity contribution in [2.75, 3.05) is 0 Å². The average Bonchev–Trinajstić information content (AvgIpc) is 2.84. The summed E-state index contributed by atoms with van der Waals surface area (Å²) in [5.41, 5.74) is 2.28. The summed E-state index contributed by atoms with van der Waals surface area (Å²) >= 11 is 0. The minimum absolute atomic E-state index is 0.115. The first kappa shape index (κ1) is 15.6. The van der Waals surface area contributed by atoms with Crippen LogP contribution in [0, 0.1) is 0 Å². The largest absolute Gasteiger partial charge is 0.508 e. The number of phenols is 1. The molecule has 2 aromatic carbocycles. The molecule has 0 spiro atoms. The number of carbonyl (C=O) groups is 2. The lowest BCUT2D eigenvalue weighted by Gasteiger charge is -2.06. The van der Waals surface area contributed by atoms with Crippen molar-refractivity contribution in [3.8, 4) is 5.75 Å². The predicted molar refractivity (Wildman–Crippen MR) is 87.4 cm³/mol. The maximum absolute atomic E-state index is 11.2. The number of benzene rings is 2. The third-order valence-corrected chi connectivity index (χ3v) is 3.82. The number of aromatic nitrogens is 1. The van der Waals surface area contributed by atoms with Gasteiger partial charge in [-0.05, 0) is 41.5 Å². The van der Waals surface area contributed by atoms with Gasteiger partial charge in [-0.25, -0.2) is 4.79 Å². The fourth-order valence-electron chi connectivity index (χ4n) is 2.79. The second-order valence-electron chi connectivity index (χ2n) is 5.56. The number of hydrogen-bond donors (Lipinski definition) is 3. The lowest BCUT2D eigenvalue weighted by molar-refractivity contribution is -0.136. The van der Waals surface area contributed by atoms with Gasteiger partial charge < -0.3 is 19.9 Å². The summed E-state index contributed by atoms with van der Waals surface area (Å²) in [6.07, 6.45) is 1.53. The topological polar surface area (TPSA) is 99.8 Å². The van der Waals surface area contributed by atoms with Crippen molar-refractivity contribution in [3.63, 3.8) is 0 Å². The Bertz CT molecular complexity index is 942. The summed E-state index contributed by atoms with van der Waals surface area (Å²) < 4.78 is 1.86. The Morgan fingerprint density at radius 3 is 2.50 bits per heavy atom. The van der Waals surface area contributed by atoms with E-state index in [4.69, 9.17) is 10.2 Å². The highest BCUT2D eigenvalue weighted by Gasteiger charge is 2.14. The first-order valence-corrected chi connectivity index (χ1v) is 7.29. The molecule has 0 saturated heterocycles. The van der Waals surface area contributed by atoms with Gasteiger partial charge in [0.15, 0.2) is 0 Å². The summed E-state index contributed by atoms with van der Waals surface area (Å²) in [7, 11) is 0. The van der Waals surface area contributed by atoms with E-state index in [1.165, 1.54) is 12.1 Å². The van der Waals surface area contributed by atoms with Crippen LogP contribution in [-0.4, -0.2) is 31.8 Å². The molecule has 6 heteroatoms. The number of nitrogens with zero attached hydrogens (tertiary/aromatic N) is 1. The van der Waals surface area contributed by atoms with Crippen molar-refractivity contribution in [3.05, 3.63) is 65.4 Å². The zero-order chi connectivity index (χ0) is 17.3. The number of hydrogen-bond acceptors (Lipinski definition) is 3. The molecule has 0 amide bonds. The molecule has 3 N–H and O–H groups in total. The van der Waals surface area contributed by atoms with Gasteiger partial charge in [-0.2, -0.15) is 0 Å². The molecule has 0 unspecified atom stereocenters. The van der Waals surface area contributed by atoms with E-state index < -0.39 is 11.9 Å². The number of carboxylic acids is 2. The standard InChI is InChI=1S/C18H15NO5/c20-14-3-1-2-11(6-14)9-19-10-13(8-17(21)22)15-7-12(18(23)24)4-5-16(15)19/h1-7,10,20H,8-9H2,(H,21,22)(H,23,24). The summed E-state index contributed by atoms with van der Waals surface area (Å²) in [5.74, 6) is -1.88. The highest BCUT2D eigenvalue weighted by molar-refractivity contribution is 5.96. The average molecular weight is 325 g/mol. The molecule has 0 aliphatic heterocycles. The van der Waals surface area contributed by atoms with Crippen LogP contribution in [0.25, 0.3) is 10.9 Å². The zero-order valence-electron chi connectivity index (χ0n) is 12.6. The molecule has 6 nitrogen and oxygen atoms in total. The molecular weight excluding hydrogens is 310 g/mol. The van der Waals surface area contributed by atoms with Gasteiger partial charge in [-0.15, -0.1) is 0 Å². The SMILES string of the molecule is O=C(O)Cc1cn(Cc2cccc(O)c2)c2ccc(C(=O)O)cc12. The first-order chi connectivity index (χ1) is 11.4. The molecule has 0 radical (unpaired) electrons. The number of phenolic OH excluding ortho intramolecular Hbond substituents is 1. The fraction of sp³-hybridized carbons (Fsp3) is 0.111. The Hall–Kier alpha value is -3.28. The van der Waals surface area contributed by atoms with Crippen molar-refractivity contribution in [2.24, 2.45) is 0 Å². The Balaban J connectivity index is 2.10. The molecule has 24 heavy (non-hydrogen) atoms. The molecule has 0 atom stereocenters. The van der Waals surface area contributed by atoms with Crippen LogP contribution in [0.2, 0.25) is 0 Å². The lowest BCUT2D eigenvalue weighted by Crippen LogP contribution is -2.00. The normalized spacial score (nSPS) is 10.8. The van der Waals surface area contributed by atoms with Gasteiger partial charge >= 0.3 is 11.9 Å². The van der Waals surface area contributed by atoms with Gasteiger partial charge in [0.1, 0.15) is 5.75 Å². The molecule has 0 bridgehead atoms. The Kier molecular flexibility index (Phi) is 3.95. The second-order valence-corrected chi connectivity index (χ2v) is 5.56. The highest BCUT2D eigenvalue weighted by atomic mass is 16.4. The van der Waals surface area contributed by atoms with Crippen LogP contribution in [0.3, 0.4) is 0 Å². The van der Waals surface area contributed by atoms with Crippen molar-refractivity contribution >= 4 is 22.8 Å². The number of carboxylic acid groups (broad SMARTS) is 2. The molecule has 3 rings (SSSR count). The van der Waals surface area contributed by atoms with Crippen molar-refractivity contribution in [2.45, 2.75) is 13.0 Å². The predicted octanol–water partition coefficient (Wildman–Crippen LogP) is 2.72. The van der Waals surface area contributed by atoms with E-state index in [1.807, 2.05) is 10.6 Å². The van der Waals surface area contributed by atoms with Gasteiger partial charge in [-0.3, -0.25) is 4.79 Å². The van der Waals surface area contributed by atoms with Crippen molar-refractivity contribution < 1.29 is 24.9 Å². The van der Waals surface area contributed by atoms with E-state index in [-0.39, 0.29) is 17.7 Å². The number of aliphatic carboxylic acids is 1. The van der Waals surface area contributed by atoms with Gasteiger partial charge in [-0.1, -0.05) is 12.1 Å². The second kappa shape index (κ2) is 6.08. The van der Waals surface area contributed by atoms with E-state index in [9.17, 15) is 14.7 Å². The van der Waals surface area contributed by atoms with E-state index in [0.717, 1.165) is 11.1 Å². The van der Waals surface area contributed by atoms with Crippen LogP contribution in [0.15, 0.2) is 48.7 Å². The summed E-state index contributed by atoms with van der Waals surface area (Å²) in [6.45, 7) is 0.441. The van der Waals surface area contributed by atoms with Crippen LogP contribution in [0.5, 0.6) is 5.75 Å². The highest BCUT2D eigenvalue weighted by Crippen LogP contribution is 2.25. The number of fused-ring (bicyclic) bond motifs is 1. The quantitative estimate of drug-likeness (QED) is 0.670. The van der Waals surface area contributed by atoms with Crippen LogP contribution < -0.4 is 0 Å². The number of rotatable bonds is 5. The maximum atomic E-state index is 11.2. The molecule has 122 valence electrons. The summed E-state index contributed by atoms with van der Waals surface area (Å²) in [5, 5.41) is 28.4. The lowest BCUT2D eigenvalue weighted by atomic mass is 10.1. The van der Waals surface area contributed by atoms with Gasteiger partial charge in [0.2, 0.25) is 0 Å². The molecule has 0 aliphatic rings. The van der Waals surface area contributed by atoms with Gasteiger partial charge in [0.25, 0.3) is 0 Å². The fourth-order valence-corrected chi connectivity index (χ4v) is 2.79. The monoisotopic (exact) mass is 325 g/mol. The Morgan fingerprint density at radius 2 is 1.83 bits per heavy atom. The number of aromatic hydroxyl groups is 1. The molecule has 0 aliphatic carbocycles. The maximum Gasteiger partial charge on any atom is 0.335 e. The van der Waals surface area contributed by atoms with E-state index in [2.05, 4.69) is 0 Å². The van der Waals surface area contributed by atoms with Crippen LogP contribution in [0.1, 0.15) is 21.5 Å². The van der Waals surface area contributed by atoms with Crippen molar-refractivity contribution in [1.82, 2.24) is 4.57 Å². The third-order valence-electron chi connectivity index (χ3n) is 3.82. The summed E-state index contributed by atoms with van der Waals surface area (Å²) in [6, 6.07) is 11.5. The van der Waals surface area contributed by atoms with Crippen LogP contribution >= 0.6 is 0 Å². The third kappa shape index (κ3) is 3.08. The molecule has 1 heterocycles. The first-order valence-electron chi connectivity index (χ1n) is 7.29. The molecule has 0 fully saturated rings. The van der Waals surface area contributed by atoms with E-state index >= 15 is 0 Å². The van der Waals surface area contributed by atoms with Crippen LogP contribution in [0.4, 0.5) is 0 Å². The van der Waals surface area contributed by atoms with Gasteiger partial charge in [0, 0.05) is 23.6 Å². The Morgan fingerprint density at radius 1 is 1.04 bits per heavy atom. The molecule has 0 saturated carbocycles.